The van der Waals surface area contributed by atoms with Gasteiger partial charge < -0.3 is 9.67 Å². The molecule has 2 heterocycles. The maximum atomic E-state index is 12.5. The van der Waals surface area contributed by atoms with Gasteiger partial charge in [-0.2, -0.15) is 0 Å². The molecule has 0 amide bonds. The van der Waals surface area contributed by atoms with Crippen molar-refractivity contribution in [2.45, 2.75) is 32.4 Å². The highest BCUT2D eigenvalue weighted by atomic mass is 16.3. The summed E-state index contributed by atoms with van der Waals surface area (Å²) in [6.07, 6.45) is 3.77. The van der Waals surface area contributed by atoms with Crippen molar-refractivity contribution in [3.8, 4) is 0 Å². The Balaban J connectivity index is 1.77. The number of aryl methyl sites for hydroxylation is 1. The summed E-state index contributed by atoms with van der Waals surface area (Å²) < 4.78 is 1.92. The number of pyridine rings is 1. The molecule has 3 rings (SSSR count). The van der Waals surface area contributed by atoms with Crippen LogP contribution in [0.4, 0.5) is 0 Å². The number of fused-ring (bicyclic) bond motifs is 1. The standard InChI is InChI=1S/C19H20N2O2/c1-14-7-8-15(12-20-14)11-18(22)19(2,23)13-21-10-9-16-5-3-4-6-17(16)21/h3-10,12,23H,11,13H2,1-2H3/t19-/m0/s1. The Morgan fingerprint density at radius 1 is 1.22 bits per heavy atom. The number of Topliss-reactive ketones (excluding diaryl/α,β-unsaturated/α-hetero) is 1. The van der Waals surface area contributed by atoms with Crippen molar-refractivity contribution < 1.29 is 9.90 Å². The second-order valence-electron chi connectivity index (χ2n) is 6.18. The molecule has 1 atom stereocenters. The predicted octanol–water partition coefficient (Wildman–Crippen LogP) is 2.91. The SMILES string of the molecule is Cc1ccc(CC(=O)[C@@](C)(O)Cn2ccc3ccccc32)cn1. The smallest absolute Gasteiger partial charge is 0.170 e. The summed E-state index contributed by atoms with van der Waals surface area (Å²) in [4.78, 5) is 16.7. The zero-order chi connectivity index (χ0) is 16.4. The second kappa shape index (κ2) is 5.97. The number of carbonyl (C=O) groups excluding carboxylic acids is 1. The third-order valence-electron chi connectivity index (χ3n) is 4.10. The number of hydrogen-bond acceptors (Lipinski definition) is 3. The molecule has 0 saturated carbocycles. The predicted molar refractivity (Wildman–Crippen MR) is 90.2 cm³/mol. The Bertz CT molecular complexity index is 832. The molecule has 0 fully saturated rings. The van der Waals surface area contributed by atoms with Gasteiger partial charge in [0.15, 0.2) is 5.78 Å². The van der Waals surface area contributed by atoms with Crippen LogP contribution in [0.5, 0.6) is 0 Å². The maximum Gasteiger partial charge on any atom is 0.170 e. The van der Waals surface area contributed by atoms with E-state index < -0.39 is 5.60 Å². The van der Waals surface area contributed by atoms with Crippen LogP contribution in [0, 0.1) is 6.92 Å². The van der Waals surface area contributed by atoms with Gasteiger partial charge in [0.25, 0.3) is 0 Å². The van der Waals surface area contributed by atoms with Gasteiger partial charge >= 0.3 is 0 Å². The second-order valence-corrected chi connectivity index (χ2v) is 6.18. The molecule has 2 aromatic heterocycles. The van der Waals surface area contributed by atoms with Gasteiger partial charge in [-0.25, -0.2) is 0 Å². The summed E-state index contributed by atoms with van der Waals surface area (Å²) in [6, 6.07) is 13.7. The molecule has 0 saturated heterocycles. The molecular formula is C19H20N2O2. The van der Waals surface area contributed by atoms with Crippen molar-refractivity contribution >= 4 is 16.7 Å². The summed E-state index contributed by atoms with van der Waals surface area (Å²) >= 11 is 0. The number of hydrogen-bond donors (Lipinski definition) is 1. The fourth-order valence-electron chi connectivity index (χ4n) is 2.68. The number of aliphatic hydroxyl groups is 1. The van der Waals surface area contributed by atoms with Gasteiger partial charge in [0.2, 0.25) is 0 Å². The molecule has 118 valence electrons. The van der Waals surface area contributed by atoms with Gasteiger partial charge in [-0.15, -0.1) is 0 Å². The Morgan fingerprint density at radius 3 is 2.74 bits per heavy atom. The fourth-order valence-corrected chi connectivity index (χ4v) is 2.68. The fraction of sp³-hybridized carbons (Fsp3) is 0.263. The highest BCUT2D eigenvalue weighted by Crippen LogP contribution is 2.20. The molecule has 0 aliphatic heterocycles. The molecule has 0 spiro atoms. The van der Waals surface area contributed by atoms with E-state index in [1.807, 2.05) is 60.2 Å². The lowest BCUT2D eigenvalue weighted by molar-refractivity contribution is -0.136. The number of carbonyl (C=O) groups is 1. The van der Waals surface area contributed by atoms with E-state index in [1.54, 1.807) is 13.1 Å². The molecule has 1 N–H and O–H groups in total. The zero-order valence-electron chi connectivity index (χ0n) is 13.4. The molecule has 0 bridgehead atoms. The largest absolute Gasteiger partial charge is 0.380 e. The summed E-state index contributed by atoms with van der Waals surface area (Å²) in [6.45, 7) is 3.71. The van der Waals surface area contributed by atoms with E-state index in [9.17, 15) is 9.90 Å². The molecule has 4 nitrogen and oxygen atoms in total. The lowest BCUT2D eigenvalue weighted by atomic mass is 9.95. The van der Waals surface area contributed by atoms with Crippen LogP contribution in [0.1, 0.15) is 18.2 Å². The van der Waals surface area contributed by atoms with E-state index in [0.717, 1.165) is 22.2 Å². The van der Waals surface area contributed by atoms with E-state index in [2.05, 4.69) is 4.98 Å². The highest BCUT2D eigenvalue weighted by molar-refractivity contribution is 5.89. The summed E-state index contributed by atoms with van der Waals surface area (Å²) in [5, 5.41) is 11.7. The van der Waals surface area contributed by atoms with Crippen LogP contribution in [0.2, 0.25) is 0 Å². The number of ketones is 1. The van der Waals surface area contributed by atoms with Crippen molar-refractivity contribution in [3.63, 3.8) is 0 Å². The number of para-hydroxylation sites is 1. The van der Waals surface area contributed by atoms with Crippen molar-refractivity contribution in [3.05, 3.63) is 66.1 Å². The van der Waals surface area contributed by atoms with Gasteiger partial charge in [-0.05, 0) is 43.0 Å². The lowest BCUT2D eigenvalue weighted by Crippen LogP contribution is -2.40. The molecule has 0 aliphatic carbocycles. The minimum atomic E-state index is -1.42. The topological polar surface area (TPSA) is 55.1 Å². The minimum Gasteiger partial charge on any atom is -0.380 e. The molecule has 23 heavy (non-hydrogen) atoms. The Kier molecular flexibility index (Phi) is 4.01. The first-order valence-corrected chi connectivity index (χ1v) is 7.67. The Labute approximate surface area is 135 Å². The van der Waals surface area contributed by atoms with Crippen LogP contribution < -0.4 is 0 Å². The van der Waals surface area contributed by atoms with E-state index in [0.29, 0.717) is 0 Å². The number of nitrogens with zero attached hydrogens (tertiary/aromatic N) is 2. The molecule has 3 aromatic rings. The van der Waals surface area contributed by atoms with Crippen molar-refractivity contribution in [2.24, 2.45) is 0 Å². The molecule has 1 aromatic carbocycles. The highest BCUT2D eigenvalue weighted by Gasteiger charge is 2.30. The van der Waals surface area contributed by atoms with Gasteiger partial charge in [0, 0.05) is 30.0 Å². The molecule has 4 heteroatoms. The third kappa shape index (κ3) is 3.32. The van der Waals surface area contributed by atoms with Crippen molar-refractivity contribution in [2.75, 3.05) is 0 Å². The normalized spacial score (nSPS) is 13.9. The summed E-state index contributed by atoms with van der Waals surface area (Å²) in [7, 11) is 0. The van der Waals surface area contributed by atoms with E-state index in [4.69, 9.17) is 0 Å². The quantitative estimate of drug-likeness (QED) is 0.788. The number of aromatic nitrogens is 2. The first-order chi connectivity index (χ1) is 11.0. The van der Waals surface area contributed by atoms with E-state index >= 15 is 0 Å². The third-order valence-corrected chi connectivity index (χ3v) is 4.10. The molecule has 0 aliphatic rings. The average Bonchev–Trinajstić information content (AvgIpc) is 2.92. The van der Waals surface area contributed by atoms with Gasteiger partial charge in [-0.3, -0.25) is 9.78 Å². The van der Waals surface area contributed by atoms with E-state index in [1.165, 1.54) is 0 Å². The van der Waals surface area contributed by atoms with Crippen LogP contribution in [-0.4, -0.2) is 26.0 Å². The van der Waals surface area contributed by atoms with Gasteiger partial charge in [-0.1, -0.05) is 24.3 Å². The van der Waals surface area contributed by atoms with Crippen LogP contribution in [0.15, 0.2) is 54.9 Å². The number of rotatable bonds is 5. The monoisotopic (exact) mass is 308 g/mol. The molecule has 0 radical (unpaired) electrons. The lowest BCUT2D eigenvalue weighted by Gasteiger charge is -2.23. The summed E-state index contributed by atoms with van der Waals surface area (Å²) in [5.74, 6) is -0.207. The minimum absolute atomic E-state index is 0.180. The zero-order valence-corrected chi connectivity index (χ0v) is 13.4. The first kappa shape index (κ1) is 15.4. The van der Waals surface area contributed by atoms with Gasteiger partial charge in [0.1, 0.15) is 5.60 Å². The summed E-state index contributed by atoms with van der Waals surface area (Å²) in [5.41, 5.74) is 1.31. The first-order valence-electron chi connectivity index (χ1n) is 7.67. The number of benzene rings is 1. The maximum absolute atomic E-state index is 12.5. The van der Waals surface area contributed by atoms with Crippen LogP contribution in [0.25, 0.3) is 10.9 Å². The van der Waals surface area contributed by atoms with Gasteiger partial charge in [0.05, 0.1) is 6.54 Å². The van der Waals surface area contributed by atoms with Crippen molar-refractivity contribution in [1.29, 1.82) is 0 Å². The van der Waals surface area contributed by atoms with E-state index in [-0.39, 0.29) is 18.7 Å². The Morgan fingerprint density at radius 2 is 2.00 bits per heavy atom. The average molecular weight is 308 g/mol. The Hall–Kier alpha value is -2.46. The molecular weight excluding hydrogens is 288 g/mol. The van der Waals surface area contributed by atoms with Crippen LogP contribution in [0.3, 0.4) is 0 Å². The van der Waals surface area contributed by atoms with Crippen LogP contribution in [-0.2, 0) is 17.8 Å². The van der Waals surface area contributed by atoms with Crippen LogP contribution >= 0.6 is 0 Å². The van der Waals surface area contributed by atoms with Crippen molar-refractivity contribution in [1.82, 2.24) is 9.55 Å². The molecule has 0 unspecified atom stereocenters.